The SMILES string of the molecule is CC(C)C1C(=O)C=Nc2cnc(Nc3ccccn3)nc21. The van der Waals surface area contributed by atoms with Crippen molar-refractivity contribution < 1.29 is 4.79 Å². The lowest BCUT2D eigenvalue weighted by molar-refractivity contribution is -0.114. The fourth-order valence-electron chi connectivity index (χ4n) is 2.32. The molecular weight excluding hydrogens is 266 g/mol. The van der Waals surface area contributed by atoms with Gasteiger partial charge < -0.3 is 5.32 Å². The van der Waals surface area contributed by atoms with Crippen molar-refractivity contribution in [2.45, 2.75) is 19.8 Å². The predicted molar refractivity (Wildman–Crippen MR) is 80.3 cm³/mol. The van der Waals surface area contributed by atoms with Gasteiger partial charge in [-0.15, -0.1) is 0 Å². The van der Waals surface area contributed by atoms with Gasteiger partial charge in [-0.25, -0.2) is 19.9 Å². The van der Waals surface area contributed by atoms with Crippen LogP contribution in [0.5, 0.6) is 0 Å². The van der Waals surface area contributed by atoms with E-state index in [-0.39, 0.29) is 17.6 Å². The number of ketones is 1. The smallest absolute Gasteiger partial charge is 0.228 e. The van der Waals surface area contributed by atoms with Gasteiger partial charge in [0.1, 0.15) is 11.5 Å². The quantitative estimate of drug-likeness (QED) is 0.935. The first-order chi connectivity index (χ1) is 10.1. The van der Waals surface area contributed by atoms with Crippen molar-refractivity contribution in [1.29, 1.82) is 0 Å². The van der Waals surface area contributed by atoms with Crippen molar-refractivity contribution in [3.63, 3.8) is 0 Å². The first-order valence-corrected chi connectivity index (χ1v) is 6.78. The zero-order valence-electron chi connectivity index (χ0n) is 11.8. The first-order valence-electron chi connectivity index (χ1n) is 6.78. The fraction of sp³-hybridized carbons (Fsp3) is 0.267. The number of pyridine rings is 1. The van der Waals surface area contributed by atoms with Crippen LogP contribution in [0.4, 0.5) is 17.5 Å². The van der Waals surface area contributed by atoms with Gasteiger partial charge in [-0.1, -0.05) is 19.9 Å². The van der Waals surface area contributed by atoms with Crippen molar-refractivity contribution in [2.75, 3.05) is 5.32 Å². The minimum Gasteiger partial charge on any atom is -0.309 e. The summed E-state index contributed by atoms with van der Waals surface area (Å²) in [5.74, 6) is 0.942. The van der Waals surface area contributed by atoms with E-state index in [1.54, 1.807) is 12.4 Å². The van der Waals surface area contributed by atoms with Crippen molar-refractivity contribution in [3.8, 4) is 0 Å². The second kappa shape index (κ2) is 5.40. The van der Waals surface area contributed by atoms with E-state index in [0.29, 0.717) is 23.1 Å². The minimum atomic E-state index is -0.273. The molecule has 1 atom stereocenters. The van der Waals surface area contributed by atoms with E-state index in [1.165, 1.54) is 6.21 Å². The summed E-state index contributed by atoms with van der Waals surface area (Å²) < 4.78 is 0. The largest absolute Gasteiger partial charge is 0.309 e. The topological polar surface area (TPSA) is 80.1 Å². The number of nitrogens with one attached hydrogen (secondary N) is 1. The van der Waals surface area contributed by atoms with Gasteiger partial charge in [0, 0.05) is 6.20 Å². The molecule has 6 nitrogen and oxygen atoms in total. The third kappa shape index (κ3) is 2.65. The number of Topliss-reactive ketones (excluding diaryl/α,β-unsaturated/α-hetero) is 1. The summed E-state index contributed by atoms with van der Waals surface area (Å²) in [4.78, 5) is 29.0. The first kappa shape index (κ1) is 13.4. The molecule has 21 heavy (non-hydrogen) atoms. The van der Waals surface area contributed by atoms with E-state index in [1.807, 2.05) is 32.0 Å². The number of hydrogen-bond acceptors (Lipinski definition) is 6. The number of nitrogens with zero attached hydrogens (tertiary/aromatic N) is 4. The predicted octanol–water partition coefficient (Wildman–Crippen LogP) is 2.64. The molecule has 0 saturated carbocycles. The molecule has 0 fully saturated rings. The molecule has 1 unspecified atom stereocenters. The van der Waals surface area contributed by atoms with Gasteiger partial charge in [0.15, 0.2) is 5.78 Å². The molecule has 3 heterocycles. The van der Waals surface area contributed by atoms with Crippen molar-refractivity contribution >= 4 is 29.5 Å². The molecule has 1 aliphatic rings. The van der Waals surface area contributed by atoms with Crippen molar-refractivity contribution in [1.82, 2.24) is 15.0 Å². The molecule has 1 aliphatic heterocycles. The molecule has 3 rings (SSSR count). The van der Waals surface area contributed by atoms with Crippen LogP contribution >= 0.6 is 0 Å². The van der Waals surface area contributed by atoms with Gasteiger partial charge in [0.2, 0.25) is 5.95 Å². The van der Waals surface area contributed by atoms with Crippen LogP contribution < -0.4 is 5.32 Å². The van der Waals surface area contributed by atoms with Crippen LogP contribution in [-0.2, 0) is 4.79 Å². The number of rotatable bonds is 3. The van der Waals surface area contributed by atoms with Gasteiger partial charge in [0.25, 0.3) is 0 Å². The monoisotopic (exact) mass is 281 g/mol. The molecule has 0 saturated heterocycles. The molecule has 6 heteroatoms. The Balaban J connectivity index is 1.97. The van der Waals surface area contributed by atoms with Crippen LogP contribution in [0.1, 0.15) is 25.5 Å². The normalized spacial score (nSPS) is 16.9. The number of anilines is 2. The van der Waals surface area contributed by atoms with E-state index in [4.69, 9.17) is 0 Å². The molecule has 0 aromatic carbocycles. The van der Waals surface area contributed by atoms with E-state index >= 15 is 0 Å². The van der Waals surface area contributed by atoms with Gasteiger partial charge in [-0.2, -0.15) is 0 Å². The number of aromatic nitrogens is 3. The van der Waals surface area contributed by atoms with Crippen LogP contribution in [0.25, 0.3) is 0 Å². The third-order valence-corrected chi connectivity index (χ3v) is 3.30. The summed E-state index contributed by atoms with van der Waals surface area (Å²) in [6, 6.07) is 5.53. The molecule has 2 aromatic heterocycles. The lowest BCUT2D eigenvalue weighted by atomic mass is 9.86. The number of carbonyl (C=O) groups is 1. The number of fused-ring (bicyclic) bond motifs is 1. The van der Waals surface area contributed by atoms with Gasteiger partial charge >= 0.3 is 0 Å². The highest BCUT2D eigenvalue weighted by Gasteiger charge is 2.30. The molecule has 0 amide bonds. The lowest BCUT2D eigenvalue weighted by Crippen LogP contribution is -2.23. The van der Waals surface area contributed by atoms with Gasteiger partial charge in [-0.05, 0) is 18.1 Å². The standard InChI is InChI=1S/C15H15N5O/c1-9(2)13-11(21)8-17-10-7-18-15(20-14(10)13)19-12-5-3-4-6-16-12/h3-9,13H,1-2H3,(H,16,18,19,20). The van der Waals surface area contributed by atoms with Gasteiger partial charge in [0.05, 0.1) is 24.0 Å². The Morgan fingerprint density at radius 3 is 2.81 bits per heavy atom. The van der Waals surface area contributed by atoms with E-state index in [2.05, 4.69) is 25.3 Å². The van der Waals surface area contributed by atoms with E-state index < -0.39 is 0 Å². The molecule has 0 aliphatic carbocycles. The van der Waals surface area contributed by atoms with Crippen LogP contribution in [0.15, 0.2) is 35.6 Å². The average molecular weight is 281 g/mol. The Labute approximate surface area is 122 Å². The minimum absolute atomic E-state index is 0.0139. The van der Waals surface area contributed by atoms with E-state index in [0.717, 1.165) is 0 Å². The summed E-state index contributed by atoms with van der Waals surface area (Å²) >= 11 is 0. The maximum absolute atomic E-state index is 12.0. The number of carbonyl (C=O) groups excluding carboxylic acids is 1. The molecular formula is C15H15N5O. The zero-order valence-corrected chi connectivity index (χ0v) is 11.8. The molecule has 2 aromatic rings. The fourth-order valence-corrected chi connectivity index (χ4v) is 2.32. The Hall–Kier alpha value is -2.63. The van der Waals surface area contributed by atoms with Gasteiger partial charge in [-0.3, -0.25) is 4.79 Å². The van der Waals surface area contributed by atoms with Crippen LogP contribution in [-0.4, -0.2) is 26.9 Å². The molecule has 106 valence electrons. The Bertz CT molecular complexity index is 696. The van der Waals surface area contributed by atoms with Crippen molar-refractivity contribution in [3.05, 3.63) is 36.3 Å². The molecule has 0 spiro atoms. The lowest BCUT2D eigenvalue weighted by Gasteiger charge is -2.22. The molecule has 0 bridgehead atoms. The van der Waals surface area contributed by atoms with Crippen LogP contribution in [0, 0.1) is 5.92 Å². The summed E-state index contributed by atoms with van der Waals surface area (Å²) in [5, 5.41) is 3.03. The van der Waals surface area contributed by atoms with Crippen molar-refractivity contribution in [2.24, 2.45) is 10.9 Å². The van der Waals surface area contributed by atoms with E-state index in [9.17, 15) is 4.79 Å². The highest BCUT2D eigenvalue weighted by Crippen LogP contribution is 2.34. The highest BCUT2D eigenvalue weighted by atomic mass is 16.1. The maximum Gasteiger partial charge on any atom is 0.228 e. The second-order valence-electron chi connectivity index (χ2n) is 5.19. The molecule has 1 N–H and O–H groups in total. The summed E-state index contributed by atoms with van der Waals surface area (Å²) in [7, 11) is 0. The second-order valence-corrected chi connectivity index (χ2v) is 5.19. The Morgan fingerprint density at radius 2 is 2.10 bits per heavy atom. The Kier molecular flexibility index (Phi) is 3.43. The third-order valence-electron chi connectivity index (χ3n) is 3.30. The number of hydrogen-bond donors (Lipinski definition) is 1. The number of aliphatic imine (C=N–C) groups is 1. The van der Waals surface area contributed by atoms with Crippen LogP contribution in [0.2, 0.25) is 0 Å². The molecule has 0 radical (unpaired) electrons. The average Bonchev–Trinajstić information content (AvgIpc) is 2.47. The summed E-state index contributed by atoms with van der Waals surface area (Å²) in [5.41, 5.74) is 1.32. The maximum atomic E-state index is 12.0. The van der Waals surface area contributed by atoms with Crippen LogP contribution in [0.3, 0.4) is 0 Å². The zero-order chi connectivity index (χ0) is 14.8. The Morgan fingerprint density at radius 1 is 1.24 bits per heavy atom. The highest BCUT2D eigenvalue weighted by molar-refractivity contribution is 6.31. The summed E-state index contributed by atoms with van der Waals surface area (Å²) in [6.07, 6.45) is 4.68. The summed E-state index contributed by atoms with van der Waals surface area (Å²) in [6.45, 7) is 4.00.